The van der Waals surface area contributed by atoms with Crippen LogP contribution in [0.4, 0.5) is 0 Å². The van der Waals surface area contributed by atoms with Crippen molar-refractivity contribution < 1.29 is 4.42 Å². The average Bonchev–Trinajstić information content (AvgIpc) is 3.42. The Morgan fingerprint density at radius 2 is 2.19 bits per heavy atom. The zero-order valence-corrected chi connectivity index (χ0v) is 15.1. The predicted molar refractivity (Wildman–Crippen MR) is 97.6 cm³/mol. The Balaban J connectivity index is 1.33. The van der Waals surface area contributed by atoms with Crippen LogP contribution in [0, 0.1) is 0 Å². The number of aromatic nitrogens is 5. The van der Waals surface area contributed by atoms with Crippen molar-refractivity contribution in [3.8, 4) is 5.82 Å². The van der Waals surface area contributed by atoms with E-state index in [9.17, 15) is 4.79 Å². The van der Waals surface area contributed by atoms with E-state index in [1.807, 2.05) is 6.20 Å². The van der Waals surface area contributed by atoms with Crippen LogP contribution in [-0.4, -0.2) is 41.8 Å². The summed E-state index contributed by atoms with van der Waals surface area (Å²) in [5.74, 6) is 2.56. The maximum Gasteiger partial charge on any atom is 0.266 e. The van der Waals surface area contributed by atoms with Crippen molar-refractivity contribution in [3.63, 3.8) is 0 Å². The molecule has 0 aromatic carbocycles. The Kier molecular flexibility index (Phi) is 4.12. The predicted octanol–water partition coefficient (Wildman–Crippen LogP) is 1.57. The second-order valence-corrected chi connectivity index (χ2v) is 7.28. The van der Waals surface area contributed by atoms with E-state index in [0.717, 1.165) is 56.0 Å². The molecule has 0 spiro atoms. The maximum atomic E-state index is 12.3. The van der Waals surface area contributed by atoms with E-state index in [-0.39, 0.29) is 11.6 Å². The Morgan fingerprint density at radius 3 is 3.04 bits per heavy atom. The molecule has 8 heteroatoms. The second-order valence-electron chi connectivity index (χ2n) is 7.28. The third kappa shape index (κ3) is 3.21. The zero-order chi connectivity index (χ0) is 18.2. The Bertz CT molecular complexity index is 969. The van der Waals surface area contributed by atoms with Crippen LogP contribution >= 0.6 is 0 Å². The molecule has 27 heavy (non-hydrogen) atoms. The number of imidazole rings is 1. The third-order valence-electron chi connectivity index (χ3n) is 5.48. The van der Waals surface area contributed by atoms with Gasteiger partial charge in [-0.05, 0) is 38.3 Å². The molecule has 140 valence electrons. The quantitative estimate of drug-likeness (QED) is 0.682. The SMILES string of the molecule is O=c1ccc(-n2ccnc2)nn1CC1CCCN1Cc1nc2c(o1)CCC2. The van der Waals surface area contributed by atoms with Crippen LogP contribution in [0.3, 0.4) is 0 Å². The maximum absolute atomic E-state index is 12.3. The van der Waals surface area contributed by atoms with Crippen molar-refractivity contribution in [1.29, 1.82) is 0 Å². The first-order valence-electron chi connectivity index (χ1n) is 9.54. The molecular formula is C19H22N6O2. The summed E-state index contributed by atoms with van der Waals surface area (Å²) in [7, 11) is 0. The number of hydrogen-bond acceptors (Lipinski definition) is 6. The van der Waals surface area contributed by atoms with Gasteiger partial charge in [-0.1, -0.05) is 0 Å². The van der Waals surface area contributed by atoms with Crippen LogP contribution in [0.25, 0.3) is 5.82 Å². The van der Waals surface area contributed by atoms with Crippen LogP contribution in [0.5, 0.6) is 0 Å². The molecule has 0 bridgehead atoms. The van der Waals surface area contributed by atoms with Crippen molar-refractivity contribution in [2.24, 2.45) is 0 Å². The fourth-order valence-electron chi connectivity index (χ4n) is 4.10. The number of nitrogens with zero attached hydrogens (tertiary/aromatic N) is 6. The minimum absolute atomic E-state index is 0.0826. The fourth-order valence-corrected chi connectivity index (χ4v) is 4.10. The summed E-state index contributed by atoms with van der Waals surface area (Å²) < 4.78 is 9.30. The highest BCUT2D eigenvalue weighted by Gasteiger charge is 2.28. The van der Waals surface area contributed by atoms with Gasteiger partial charge in [-0.3, -0.25) is 14.3 Å². The summed E-state index contributed by atoms with van der Waals surface area (Å²) in [6.45, 7) is 2.27. The number of likely N-dealkylation sites (tertiary alicyclic amines) is 1. The number of oxazole rings is 1. The molecule has 5 rings (SSSR count). The Hall–Kier alpha value is -2.74. The molecule has 0 saturated carbocycles. The van der Waals surface area contributed by atoms with Crippen LogP contribution in [-0.2, 0) is 25.9 Å². The Morgan fingerprint density at radius 1 is 1.22 bits per heavy atom. The van der Waals surface area contributed by atoms with Gasteiger partial charge in [-0.25, -0.2) is 14.6 Å². The fraction of sp³-hybridized carbons (Fsp3) is 0.474. The van der Waals surface area contributed by atoms with E-state index in [0.29, 0.717) is 18.9 Å². The minimum atomic E-state index is -0.0826. The molecule has 3 aromatic heterocycles. The van der Waals surface area contributed by atoms with Crippen molar-refractivity contribution >= 4 is 0 Å². The summed E-state index contributed by atoms with van der Waals surface area (Å²) in [6, 6.07) is 3.55. The standard InChI is InChI=1S/C19H22N6O2/c26-19-7-6-17(24-10-8-20-13-24)22-25(19)11-14-3-2-9-23(14)12-18-21-15-4-1-5-16(15)27-18/h6-8,10,13-14H,1-5,9,11-12H2. The summed E-state index contributed by atoms with van der Waals surface area (Å²) in [4.78, 5) is 23.4. The number of aryl methyl sites for hydroxylation is 2. The largest absolute Gasteiger partial charge is 0.444 e. The van der Waals surface area contributed by atoms with Gasteiger partial charge in [-0.2, -0.15) is 5.10 Å². The summed E-state index contributed by atoms with van der Waals surface area (Å²) >= 11 is 0. The van der Waals surface area contributed by atoms with E-state index in [4.69, 9.17) is 4.42 Å². The highest BCUT2D eigenvalue weighted by Crippen LogP contribution is 2.25. The van der Waals surface area contributed by atoms with Crippen molar-refractivity contribution in [2.45, 2.75) is 51.2 Å². The highest BCUT2D eigenvalue weighted by atomic mass is 16.4. The molecule has 1 aliphatic carbocycles. The lowest BCUT2D eigenvalue weighted by molar-refractivity contribution is 0.196. The van der Waals surface area contributed by atoms with Crippen molar-refractivity contribution in [3.05, 3.63) is 58.6 Å². The van der Waals surface area contributed by atoms with E-state index < -0.39 is 0 Å². The van der Waals surface area contributed by atoms with E-state index in [2.05, 4.69) is 20.0 Å². The van der Waals surface area contributed by atoms with Gasteiger partial charge in [0.2, 0.25) is 5.89 Å². The average molecular weight is 366 g/mol. The van der Waals surface area contributed by atoms with Crippen LogP contribution in [0.2, 0.25) is 0 Å². The molecular weight excluding hydrogens is 344 g/mol. The Labute approximate surface area is 156 Å². The van der Waals surface area contributed by atoms with Gasteiger partial charge in [0.05, 0.1) is 18.8 Å². The zero-order valence-electron chi connectivity index (χ0n) is 15.1. The molecule has 1 atom stereocenters. The van der Waals surface area contributed by atoms with Crippen LogP contribution in [0.15, 0.2) is 40.1 Å². The summed E-state index contributed by atoms with van der Waals surface area (Å²) in [6.07, 6.45) is 10.5. The van der Waals surface area contributed by atoms with E-state index in [1.165, 1.54) is 0 Å². The topological polar surface area (TPSA) is 82.0 Å². The van der Waals surface area contributed by atoms with Gasteiger partial charge in [0.1, 0.15) is 12.1 Å². The van der Waals surface area contributed by atoms with Crippen LogP contribution in [0.1, 0.15) is 36.6 Å². The number of hydrogen-bond donors (Lipinski definition) is 0. The lowest BCUT2D eigenvalue weighted by atomic mass is 10.2. The normalized spacial score (nSPS) is 19.6. The highest BCUT2D eigenvalue weighted by molar-refractivity contribution is 5.19. The monoisotopic (exact) mass is 366 g/mol. The molecule has 0 amide bonds. The van der Waals surface area contributed by atoms with Crippen molar-refractivity contribution in [1.82, 2.24) is 29.2 Å². The minimum Gasteiger partial charge on any atom is -0.444 e. The van der Waals surface area contributed by atoms with E-state index in [1.54, 1.807) is 33.9 Å². The van der Waals surface area contributed by atoms with Gasteiger partial charge in [-0.15, -0.1) is 0 Å². The molecule has 0 N–H and O–H groups in total. The molecule has 1 fully saturated rings. The molecule has 1 unspecified atom stereocenters. The second kappa shape index (κ2) is 6.77. The van der Waals surface area contributed by atoms with Gasteiger partial charge >= 0.3 is 0 Å². The lowest BCUT2D eigenvalue weighted by Crippen LogP contribution is -2.37. The summed E-state index contributed by atoms with van der Waals surface area (Å²) in [5.41, 5.74) is 1.05. The molecule has 0 radical (unpaired) electrons. The molecule has 1 saturated heterocycles. The van der Waals surface area contributed by atoms with Gasteiger partial charge in [0, 0.05) is 30.9 Å². The molecule has 1 aliphatic heterocycles. The van der Waals surface area contributed by atoms with Crippen molar-refractivity contribution in [2.75, 3.05) is 6.54 Å². The van der Waals surface area contributed by atoms with Gasteiger partial charge < -0.3 is 4.42 Å². The molecule has 8 nitrogen and oxygen atoms in total. The first-order chi connectivity index (χ1) is 13.3. The van der Waals surface area contributed by atoms with Gasteiger partial charge in [0.25, 0.3) is 5.56 Å². The first-order valence-corrected chi connectivity index (χ1v) is 9.54. The number of rotatable bonds is 5. The molecule has 2 aliphatic rings. The smallest absolute Gasteiger partial charge is 0.266 e. The third-order valence-corrected chi connectivity index (χ3v) is 5.48. The van der Waals surface area contributed by atoms with Gasteiger partial charge in [0.15, 0.2) is 5.82 Å². The summed E-state index contributed by atoms with van der Waals surface area (Å²) in [5, 5.41) is 4.52. The number of fused-ring (bicyclic) bond motifs is 1. The van der Waals surface area contributed by atoms with E-state index >= 15 is 0 Å². The first kappa shape index (κ1) is 16.4. The van der Waals surface area contributed by atoms with Crippen LogP contribution < -0.4 is 5.56 Å². The molecule has 3 aromatic rings. The molecule has 4 heterocycles. The lowest BCUT2D eigenvalue weighted by Gasteiger charge is -2.23.